The van der Waals surface area contributed by atoms with Crippen molar-refractivity contribution in [3.63, 3.8) is 0 Å². The minimum Gasteiger partial charge on any atom is -0.388 e. The number of amides is 1. The minimum atomic E-state index is -0.408. The molecule has 18 heavy (non-hydrogen) atoms. The van der Waals surface area contributed by atoms with E-state index in [-0.39, 0.29) is 11.8 Å². The molecule has 0 aliphatic carbocycles. The average Bonchev–Trinajstić information content (AvgIpc) is 2.76. The third-order valence-electron chi connectivity index (χ3n) is 3.05. The van der Waals surface area contributed by atoms with Gasteiger partial charge in [0.05, 0.1) is 6.10 Å². The Morgan fingerprint density at radius 3 is 2.67 bits per heavy atom. The number of hydrogen-bond acceptors (Lipinski definition) is 2. The van der Waals surface area contributed by atoms with Gasteiger partial charge in [-0.15, -0.1) is 0 Å². The van der Waals surface area contributed by atoms with Crippen LogP contribution in [-0.4, -0.2) is 34.6 Å². The van der Waals surface area contributed by atoms with Crippen molar-refractivity contribution >= 4 is 5.91 Å². The van der Waals surface area contributed by atoms with Crippen molar-refractivity contribution in [3.05, 3.63) is 24.0 Å². The fourth-order valence-corrected chi connectivity index (χ4v) is 1.79. The van der Waals surface area contributed by atoms with Gasteiger partial charge in [-0.05, 0) is 24.0 Å². The van der Waals surface area contributed by atoms with Crippen LogP contribution in [0.5, 0.6) is 0 Å². The summed E-state index contributed by atoms with van der Waals surface area (Å²) in [6, 6.07) is 1.94. The van der Waals surface area contributed by atoms with E-state index in [2.05, 4.69) is 0 Å². The van der Waals surface area contributed by atoms with E-state index in [0.29, 0.717) is 6.42 Å². The molecule has 1 N–H and O–H groups in total. The van der Waals surface area contributed by atoms with Crippen LogP contribution in [0, 0.1) is 5.92 Å². The monoisotopic (exact) mass is 252 g/mol. The van der Waals surface area contributed by atoms with Crippen molar-refractivity contribution in [2.75, 3.05) is 14.1 Å². The first-order valence-corrected chi connectivity index (χ1v) is 6.45. The SMILES string of the molecule is CC(C)C(O)c1ccn(CCCC(=O)N(C)C)c1. The fourth-order valence-electron chi connectivity index (χ4n) is 1.79. The Morgan fingerprint density at radius 1 is 1.44 bits per heavy atom. The van der Waals surface area contributed by atoms with Crippen LogP contribution in [-0.2, 0) is 11.3 Å². The number of carbonyl (C=O) groups excluding carboxylic acids is 1. The zero-order chi connectivity index (χ0) is 13.7. The fraction of sp³-hybridized carbons (Fsp3) is 0.643. The minimum absolute atomic E-state index is 0.157. The summed E-state index contributed by atoms with van der Waals surface area (Å²) in [5.41, 5.74) is 0.948. The molecule has 0 fully saturated rings. The summed E-state index contributed by atoms with van der Waals surface area (Å²) in [7, 11) is 3.55. The number of carbonyl (C=O) groups is 1. The molecule has 4 nitrogen and oxygen atoms in total. The van der Waals surface area contributed by atoms with E-state index in [1.807, 2.05) is 36.9 Å². The first-order valence-electron chi connectivity index (χ1n) is 6.45. The molecular weight excluding hydrogens is 228 g/mol. The average molecular weight is 252 g/mol. The molecule has 0 radical (unpaired) electrons. The summed E-state index contributed by atoms with van der Waals surface area (Å²) in [5, 5.41) is 9.92. The zero-order valence-electron chi connectivity index (χ0n) is 11.8. The van der Waals surface area contributed by atoms with Crippen molar-refractivity contribution in [3.8, 4) is 0 Å². The van der Waals surface area contributed by atoms with Crippen molar-refractivity contribution in [2.45, 2.75) is 39.3 Å². The number of aliphatic hydroxyl groups excluding tert-OH is 1. The van der Waals surface area contributed by atoms with E-state index < -0.39 is 6.10 Å². The zero-order valence-corrected chi connectivity index (χ0v) is 11.8. The lowest BCUT2D eigenvalue weighted by Crippen LogP contribution is -2.21. The molecule has 102 valence electrons. The predicted octanol–water partition coefficient (Wildman–Crippen LogP) is 2.05. The molecule has 1 rings (SSSR count). The second-order valence-electron chi connectivity index (χ2n) is 5.26. The Balaban J connectivity index is 2.43. The van der Waals surface area contributed by atoms with Gasteiger partial charge in [-0.2, -0.15) is 0 Å². The lowest BCUT2D eigenvalue weighted by Gasteiger charge is -2.12. The molecule has 1 amide bonds. The summed E-state index contributed by atoms with van der Waals surface area (Å²) in [6.45, 7) is 4.81. The quantitative estimate of drug-likeness (QED) is 0.842. The molecule has 1 unspecified atom stereocenters. The molecule has 4 heteroatoms. The third-order valence-corrected chi connectivity index (χ3v) is 3.05. The first-order chi connectivity index (χ1) is 8.41. The van der Waals surface area contributed by atoms with Crippen molar-refractivity contribution in [1.29, 1.82) is 0 Å². The Kier molecular flexibility index (Phi) is 5.41. The smallest absolute Gasteiger partial charge is 0.222 e. The summed E-state index contributed by atoms with van der Waals surface area (Å²) >= 11 is 0. The molecule has 0 aliphatic heterocycles. The largest absolute Gasteiger partial charge is 0.388 e. The van der Waals surface area contributed by atoms with Crippen LogP contribution >= 0.6 is 0 Å². The van der Waals surface area contributed by atoms with Gasteiger partial charge in [0.1, 0.15) is 0 Å². The summed E-state index contributed by atoms with van der Waals surface area (Å²) < 4.78 is 2.03. The van der Waals surface area contributed by atoms with Crippen LogP contribution in [0.2, 0.25) is 0 Å². The predicted molar refractivity (Wildman–Crippen MR) is 72.2 cm³/mol. The first kappa shape index (κ1) is 14.8. The topological polar surface area (TPSA) is 45.5 Å². The molecule has 0 saturated carbocycles. The number of aromatic nitrogens is 1. The Labute approximate surface area is 109 Å². The highest BCUT2D eigenvalue weighted by molar-refractivity contribution is 5.75. The summed E-state index contributed by atoms with van der Waals surface area (Å²) in [4.78, 5) is 13.0. The molecule has 1 aromatic rings. The highest BCUT2D eigenvalue weighted by atomic mass is 16.3. The maximum atomic E-state index is 11.4. The molecule has 0 aromatic carbocycles. The van der Waals surface area contributed by atoms with Gasteiger partial charge in [0.2, 0.25) is 5.91 Å². The second kappa shape index (κ2) is 6.59. The molecule has 1 aromatic heterocycles. The number of aliphatic hydroxyl groups is 1. The van der Waals surface area contributed by atoms with Gasteiger partial charge >= 0.3 is 0 Å². The number of rotatable bonds is 6. The number of nitrogens with zero attached hydrogens (tertiary/aromatic N) is 2. The molecule has 0 bridgehead atoms. The number of aryl methyl sites for hydroxylation is 1. The van der Waals surface area contributed by atoms with Crippen molar-refractivity contribution < 1.29 is 9.90 Å². The maximum Gasteiger partial charge on any atom is 0.222 e. The second-order valence-corrected chi connectivity index (χ2v) is 5.26. The van der Waals surface area contributed by atoms with Gasteiger partial charge in [0.25, 0.3) is 0 Å². The normalized spacial score (nSPS) is 12.8. The molecule has 0 saturated heterocycles. The van der Waals surface area contributed by atoms with Gasteiger partial charge in [-0.25, -0.2) is 0 Å². The van der Waals surface area contributed by atoms with E-state index >= 15 is 0 Å². The standard InChI is InChI=1S/C14H24N2O2/c1-11(2)14(18)12-7-9-16(10-12)8-5-6-13(17)15(3)4/h7,9-11,14,18H,5-6,8H2,1-4H3. The van der Waals surface area contributed by atoms with E-state index in [1.54, 1.807) is 19.0 Å². The lowest BCUT2D eigenvalue weighted by atomic mass is 10.0. The van der Waals surface area contributed by atoms with Crippen molar-refractivity contribution in [2.24, 2.45) is 5.92 Å². The highest BCUT2D eigenvalue weighted by Gasteiger charge is 2.13. The van der Waals surface area contributed by atoms with Gasteiger partial charge in [-0.3, -0.25) is 4.79 Å². The number of hydrogen-bond donors (Lipinski definition) is 1. The van der Waals surface area contributed by atoms with E-state index in [9.17, 15) is 9.90 Å². The van der Waals surface area contributed by atoms with Crippen LogP contribution in [0.4, 0.5) is 0 Å². The van der Waals surface area contributed by atoms with Crippen LogP contribution in [0.25, 0.3) is 0 Å². The van der Waals surface area contributed by atoms with E-state index in [4.69, 9.17) is 0 Å². The molecule has 1 heterocycles. The van der Waals surface area contributed by atoms with Crippen molar-refractivity contribution in [1.82, 2.24) is 9.47 Å². The van der Waals surface area contributed by atoms with Crippen LogP contribution < -0.4 is 0 Å². The Bertz CT molecular complexity index is 383. The van der Waals surface area contributed by atoms with Crippen LogP contribution in [0.3, 0.4) is 0 Å². The summed E-state index contributed by atoms with van der Waals surface area (Å²) in [6.07, 6.45) is 4.90. The van der Waals surface area contributed by atoms with Gasteiger partial charge in [0, 0.05) is 39.5 Å². The van der Waals surface area contributed by atoms with Crippen LogP contribution in [0.15, 0.2) is 18.5 Å². The maximum absolute atomic E-state index is 11.4. The summed E-state index contributed by atoms with van der Waals surface area (Å²) in [5.74, 6) is 0.376. The van der Waals surface area contributed by atoms with Gasteiger partial charge in [-0.1, -0.05) is 13.8 Å². The van der Waals surface area contributed by atoms with Crippen LogP contribution in [0.1, 0.15) is 38.4 Å². The Morgan fingerprint density at radius 2 is 2.11 bits per heavy atom. The third kappa shape index (κ3) is 4.18. The Hall–Kier alpha value is -1.29. The molecule has 0 spiro atoms. The van der Waals surface area contributed by atoms with E-state index in [0.717, 1.165) is 18.5 Å². The molecule has 1 atom stereocenters. The highest BCUT2D eigenvalue weighted by Crippen LogP contribution is 2.21. The molecular formula is C14H24N2O2. The van der Waals surface area contributed by atoms with E-state index in [1.165, 1.54) is 0 Å². The van der Waals surface area contributed by atoms with Gasteiger partial charge in [0.15, 0.2) is 0 Å². The molecule has 0 aliphatic rings. The van der Waals surface area contributed by atoms with Gasteiger partial charge < -0.3 is 14.6 Å². The lowest BCUT2D eigenvalue weighted by molar-refractivity contribution is -0.128.